The van der Waals surface area contributed by atoms with Crippen molar-refractivity contribution in [1.29, 1.82) is 0 Å². The smallest absolute Gasteiger partial charge is 0.251 e. The first-order valence-corrected chi connectivity index (χ1v) is 8.68. The number of hydrogen-bond acceptors (Lipinski definition) is 2. The van der Waals surface area contributed by atoms with Gasteiger partial charge in [0.15, 0.2) is 0 Å². The van der Waals surface area contributed by atoms with E-state index in [-0.39, 0.29) is 18.2 Å². The van der Waals surface area contributed by atoms with Crippen LogP contribution in [0.2, 0.25) is 0 Å². The van der Waals surface area contributed by atoms with Crippen LogP contribution in [0.25, 0.3) is 0 Å². The highest BCUT2D eigenvalue weighted by Gasteiger charge is 2.07. The molecule has 0 saturated heterocycles. The third-order valence-corrected chi connectivity index (χ3v) is 4.13. The molecule has 0 aliphatic rings. The number of carbonyl (C=O) groups excluding carboxylic acids is 2. The third-order valence-electron chi connectivity index (χ3n) is 3.61. The van der Waals surface area contributed by atoms with Crippen molar-refractivity contribution in [2.24, 2.45) is 0 Å². The van der Waals surface area contributed by atoms with Gasteiger partial charge in [0, 0.05) is 28.7 Å². The second-order valence-electron chi connectivity index (χ2n) is 5.84. The fourth-order valence-corrected chi connectivity index (χ4v) is 2.43. The van der Waals surface area contributed by atoms with Crippen LogP contribution in [0.3, 0.4) is 0 Å². The molecule has 0 unspecified atom stereocenters. The van der Waals surface area contributed by atoms with Crippen LogP contribution >= 0.6 is 15.9 Å². The summed E-state index contributed by atoms with van der Waals surface area (Å²) < 4.78 is 0.918. The van der Waals surface area contributed by atoms with Gasteiger partial charge in [0.2, 0.25) is 5.91 Å². The Morgan fingerprint density at radius 1 is 1.00 bits per heavy atom. The van der Waals surface area contributed by atoms with Gasteiger partial charge in [-0.2, -0.15) is 0 Å². The zero-order valence-corrected chi connectivity index (χ0v) is 15.4. The van der Waals surface area contributed by atoms with Crippen molar-refractivity contribution in [3.63, 3.8) is 0 Å². The minimum Gasteiger partial charge on any atom is -0.352 e. The fraction of sp³-hybridized carbons (Fsp3) is 0.263. The van der Waals surface area contributed by atoms with Crippen molar-refractivity contribution < 1.29 is 9.59 Å². The summed E-state index contributed by atoms with van der Waals surface area (Å²) in [6, 6.07) is 14.9. The summed E-state index contributed by atoms with van der Waals surface area (Å²) in [4.78, 5) is 23.9. The largest absolute Gasteiger partial charge is 0.352 e. The molecule has 24 heavy (non-hydrogen) atoms. The van der Waals surface area contributed by atoms with Gasteiger partial charge in [-0.3, -0.25) is 9.59 Å². The predicted molar refractivity (Wildman–Crippen MR) is 100 cm³/mol. The van der Waals surface area contributed by atoms with Gasteiger partial charge in [-0.05, 0) is 47.9 Å². The van der Waals surface area contributed by atoms with Crippen LogP contribution in [0, 0.1) is 0 Å². The third kappa shape index (κ3) is 5.49. The van der Waals surface area contributed by atoms with Crippen molar-refractivity contribution in [2.45, 2.75) is 26.2 Å². The van der Waals surface area contributed by atoms with Gasteiger partial charge in [-0.1, -0.05) is 41.9 Å². The van der Waals surface area contributed by atoms with Crippen molar-refractivity contribution >= 4 is 33.4 Å². The first-order chi connectivity index (χ1) is 11.5. The molecule has 0 aliphatic carbocycles. The molecule has 0 saturated carbocycles. The van der Waals surface area contributed by atoms with Crippen molar-refractivity contribution in [3.8, 4) is 0 Å². The van der Waals surface area contributed by atoms with E-state index in [1.165, 1.54) is 5.56 Å². The SMILES string of the molecule is CC(C)c1ccc(NC(=O)CCNC(=O)c2ccc(Br)cc2)cc1. The minimum absolute atomic E-state index is 0.122. The molecule has 2 amide bonds. The molecular weight excluding hydrogens is 368 g/mol. The maximum absolute atomic E-state index is 11.9. The molecule has 126 valence electrons. The quantitative estimate of drug-likeness (QED) is 0.773. The molecule has 0 bridgehead atoms. The lowest BCUT2D eigenvalue weighted by atomic mass is 10.0. The second kappa shape index (κ2) is 8.64. The van der Waals surface area contributed by atoms with Crippen LogP contribution in [0.5, 0.6) is 0 Å². The summed E-state index contributed by atoms with van der Waals surface area (Å²) in [5.74, 6) is 0.156. The van der Waals surface area contributed by atoms with E-state index < -0.39 is 0 Å². The highest BCUT2D eigenvalue weighted by atomic mass is 79.9. The molecule has 4 nitrogen and oxygen atoms in total. The van der Waals surface area contributed by atoms with Crippen molar-refractivity contribution in [2.75, 3.05) is 11.9 Å². The highest BCUT2D eigenvalue weighted by Crippen LogP contribution is 2.17. The number of nitrogens with one attached hydrogen (secondary N) is 2. The maximum Gasteiger partial charge on any atom is 0.251 e. The summed E-state index contributed by atoms with van der Waals surface area (Å²) >= 11 is 3.33. The van der Waals surface area contributed by atoms with Gasteiger partial charge in [-0.15, -0.1) is 0 Å². The Morgan fingerprint density at radius 2 is 1.62 bits per heavy atom. The lowest BCUT2D eigenvalue weighted by Crippen LogP contribution is -2.27. The molecule has 2 N–H and O–H groups in total. The molecule has 2 aromatic carbocycles. The summed E-state index contributed by atoms with van der Waals surface area (Å²) in [5.41, 5.74) is 2.57. The summed E-state index contributed by atoms with van der Waals surface area (Å²) in [6.07, 6.45) is 0.230. The molecule has 0 radical (unpaired) electrons. The van der Waals surface area contributed by atoms with Crippen LogP contribution in [-0.2, 0) is 4.79 Å². The van der Waals surface area contributed by atoms with Crippen LogP contribution in [0.15, 0.2) is 53.0 Å². The lowest BCUT2D eigenvalue weighted by Gasteiger charge is -2.09. The molecule has 0 fully saturated rings. The number of anilines is 1. The van der Waals surface area contributed by atoms with E-state index in [0.717, 1.165) is 10.2 Å². The van der Waals surface area contributed by atoms with Crippen molar-refractivity contribution in [3.05, 3.63) is 64.1 Å². The average Bonchev–Trinajstić information content (AvgIpc) is 2.55. The van der Waals surface area contributed by atoms with Crippen LogP contribution in [0.4, 0.5) is 5.69 Å². The normalized spacial score (nSPS) is 10.5. The summed E-state index contributed by atoms with van der Waals surface area (Å²) in [7, 11) is 0. The van der Waals surface area contributed by atoms with E-state index in [1.807, 2.05) is 36.4 Å². The van der Waals surface area contributed by atoms with Crippen molar-refractivity contribution in [1.82, 2.24) is 5.32 Å². The Bertz CT molecular complexity index is 694. The predicted octanol–water partition coefficient (Wildman–Crippen LogP) is 4.33. The van der Waals surface area contributed by atoms with E-state index in [4.69, 9.17) is 0 Å². The minimum atomic E-state index is -0.184. The van der Waals surface area contributed by atoms with Crippen LogP contribution in [0.1, 0.15) is 42.1 Å². The average molecular weight is 389 g/mol. The molecule has 2 rings (SSSR count). The first-order valence-electron chi connectivity index (χ1n) is 7.89. The first kappa shape index (κ1) is 18.2. The maximum atomic E-state index is 11.9. The number of halogens is 1. The zero-order valence-electron chi connectivity index (χ0n) is 13.8. The second-order valence-corrected chi connectivity index (χ2v) is 6.75. The Balaban J connectivity index is 1.76. The molecular formula is C19H21BrN2O2. The fourth-order valence-electron chi connectivity index (χ4n) is 2.17. The standard InChI is InChI=1S/C19H21BrN2O2/c1-13(2)14-5-9-17(10-6-14)22-18(23)11-12-21-19(24)15-3-7-16(20)8-4-15/h3-10,13H,11-12H2,1-2H3,(H,21,24)(H,22,23). The highest BCUT2D eigenvalue weighted by molar-refractivity contribution is 9.10. The van der Waals surface area contributed by atoms with Crippen LogP contribution < -0.4 is 10.6 Å². The molecule has 5 heteroatoms. The van der Waals surface area contributed by atoms with Gasteiger partial charge >= 0.3 is 0 Å². The van der Waals surface area contributed by atoms with E-state index in [1.54, 1.807) is 12.1 Å². The Labute approximate surface area is 150 Å². The van der Waals surface area contributed by atoms with Gasteiger partial charge < -0.3 is 10.6 Å². The van der Waals surface area contributed by atoms with Gasteiger partial charge in [-0.25, -0.2) is 0 Å². The number of amides is 2. The number of hydrogen-bond donors (Lipinski definition) is 2. The van der Waals surface area contributed by atoms with E-state index in [9.17, 15) is 9.59 Å². The number of carbonyl (C=O) groups is 2. The monoisotopic (exact) mass is 388 g/mol. The molecule has 0 heterocycles. The zero-order chi connectivity index (χ0) is 17.5. The van der Waals surface area contributed by atoms with Gasteiger partial charge in [0.05, 0.1) is 0 Å². The molecule has 0 spiro atoms. The van der Waals surface area contributed by atoms with E-state index in [0.29, 0.717) is 18.0 Å². The molecule has 0 aromatic heterocycles. The Morgan fingerprint density at radius 3 is 2.21 bits per heavy atom. The lowest BCUT2D eigenvalue weighted by molar-refractivity contribution is -0.116. The number of benzene rings is 2. The Hall–Kier alpha value is -2.14. The number of rotatable bonds is 6. The topological polar surface area (TPSA) is 58.2 Å². The Kier molecular flexibility index (Phi) is 6.55. The molecule has 0 aliphatic heterocycles. The molecule has 2 aromatic rings. The molecule has 0 atom stereocenters. The van der Waals surface area contributed by atoms with Gasteiger partial charge in [0.25, 0.3) is 5.91 Å². The summed E-state index contributed by atoms with van der Waals surface area (Å²) in [5, 5.41) is 5.58. The van der Waals surface area contributed by atoms with E-state index in [2.05, 4.69) is 40.4 Å². The van der Waals surface area contributed by atoms with Gasteiger partial charge in [0.1, 0.15) is 0 Å². The van der Waals surface area contributed by atoms with E-state index >= 15 is 0 Å². The summed E-state index contributed by atoms with van der Waals surface area (Å²) in [6.45, 7) is 4.55. The van der Waals surface area contributed by atoms with Crippen LogP contribution in [-0.4, -0.2) is 18.4 Å².